The zero-order valence-electron chi connectivity index (χ0n) is 20.5. The number of H-pyrrole nitrogens is 1. The molecule has 0 aliphatic carbocycles. The number of rotatable bonds is 12. The number of aryl methyl sites for hydroxylation is 1. The van der Waals surface area contributed by atoms with Crippen LogP contribution in [-0.4, -0.2) is 68.4 Å². The largest absolute Gasteiger partial charge is 0.383 e. The lowest BCUT2D eigenvalue weighted by molar-refractivity contribution is 0.0695. The van der Waals surface area contributed by atoms with Crippen LogP contribution in [0.15, 0.2) is 64.3 Å². The van der Waals surface area contributed by atoms with Gasteiger partial charge in [0.15, 0.2) is 0 Å². The van der Waals surface area contributed by atoms with Gasteiger partial charge < -0.3 is 14.6 Å². The number of hydrogen-bond acceptors (Lipinski definition) is 5. The van der Waals surface area contributed by atoms with Gasteiger partial charge in [0.25, 0.3) is 5.91 Å². The van der Waals surface area contributed by atoms with Gasteiger partial charge in [-0.1, -0.05) is 44.2 Å². The summed E-state index contributed by atoms with van der Waals surface area (Å²) >= 11 is 0. The zero-order valence-corrected chi connectivity index (χ0v) is 21.3. The van der Waals surface area contributed by atoms with Crippen LogP contribution < -0.4 is 5.56 Å². The van der Waals surface area contributed by atoms with Gasteiger partial charge >= 0.3 is 0 Å². The van der Waals surface area contributed by atoms with Gasteiger partial charge in [-0.2, -0.15) is 4.31 Å². The molecule has 188 valence electrons. The highest BCUT2D eigenvalue weighted by molar-refractivity contribution is 7.89. The van der Waals surface area contributed by atoms with Gasteiger partial charge in [0, 0.05) is 50.3 Å². The Kier molecular flexibility index (Phi) is 9.20. The Morgan fingerprint density at radius 2 is 1.71 bits per heavy atom. The van der Waals surface area contributed by atoms with Crippen LogP contribution >= 0.6 is 0 Å². The number of fused-ring (bicyclic) bond motifs is 1. The van der Waals surface area contributed by atoms with Crippen LogP contribution in [-0.2, 0) is 21.2 Å². The number of sulfonamides is 1. The quantitative estimate of drug-likeness (QED) is 0.412. The van der Waals surface area contributed by atoms with Gasteiger partial charge in [-0.3, -0.25) is 9.59 Å². The molecule has 3 rings (SSSR count). The predicted molar refractivity (Wildman–Crippen MR) is 137 cm³/mol. The molecule has 0 aliphatic heterocycles. The molecule has 9 heteroatoms. The van der Waals surface area contributed by atoms with Crippen molar-refractivity contribution in [3.8, 4) is 0 Å². The number of aromatic amines is 1. The van der Waals surface area contributed by atoms with E-state index < -0.39 is 15.6 Å². The van der Waals surface area contributed by atoms with Crippen LogP contribution in [0, 0.1) is 0 Å². The van der Waals surface area contributed by atoms with Crippen molar-refractivity contribution in [2.24, 2.45) is 0 Å². The van der Waals surface area contributed by atoms with Crippen molar-refractivity contribution in [3.05, 3.63) is 76.1 Å². The number of ether oxygens (including phenoxy) is 1. The number of nitrogens with zero attached hydrogens (tertiary/aromatic N) is 2. The van der Waals surface area contributed by atoms with Crippen LogP contribution in [0.2, 0.25) is 0 Å². The maximum absolute atomic E-state index is 13.6. The minimum Gasteiger partial charge on any atom is -0.383 e. The molecule has 0 aliphatic rings. The van der Waals surface area contributed by atoms with Crippen molar-refractivity contribution in [3.63, 3.8) is 0 Å². The number of methoxy groups -OCH3 is 1. The van der Waals surface area contributed by atoms with Crippen molar-refractivity contribution >= 4 is 26.8 Å². The van der Waals surface area contributed by atoms with Crippen LogP contribution in [0.5, 0.6) is 0 Å². The van der Waals surface area contributed by atoms with Crippen LogP contribution in [0.4, 0.5) is 0 Å². The molecule has 3 aromatic rings. The first-order valence-electron chi connectivity index (χ1n) is 11.8. The topological polar surface area (TPSA) is 99.8 Å². The summed E-state index contributed by atoms with van der Waals surface area (Å²) in [5, 5.41) is 0.397. The van der Waals surface area contributed by atoms with Crippen LogP contribution in [0.25, 0.3) is 10.9 Å². The van der Waals surface area contributed by atoms with Crippen LogP contribution in [0.3, 0.4) is 0 Å². The fourth-order valence-electron chi connectivity index (χ4n) is 4.09. The number of nitrogens with one attached hydrogen (secondary N) is 1. The van der Waals surface area contributed by atoms with Crippen LogP contribution in [0.1, 0.15) is 36.2 Å². The molecule has 0 atom stereocenters. The van der Waals surface area contributed by atoms with Crippen molar-refractivity contribution < 1.29 is 17.9 Å². The van der Waals surface area contributed by atoms with Gasteiger partial charge in [0.05, 0.1) is 17.1 Å². The lowest BCUT2D eigenvalue weighted by Crippen LogP contribution is -2.35. The van der Waals surface area contributed by atoms with E-state index in [1.54, 1.807) is 31.9 Å². The summed E-state index contributed by atoms with van der Waals surface area (Å²) in [7, 11) is -2.16. The molecule has 2 aromatic carbocycles. The first kappa shape index (κ1) is 26.6. The monoisotopic (exact) mass is 499 g/mol. The number of carbonyl (C=O) groups excluding carboxylic acids is 1. The van der Waals surface area contributed by atoms with Gasteiger partial charge in [-0.15, -0.1) is 0 Å². The molecule has 0 fully saturated rings. The molecular formula is C26H33N3O5S. The summed E-state index contributed by atoms with van der Waals surface area (Å²) in [6.45, 7) is 5.40. The maximum Gasteiger partial charge on any atom is 0.254 e. The Morgan fingerprint density at radius 3 is 2.37 bits per heavy atom. The fraction of sp³-hybridized carbons (Fsp3) is 0.385. The van der Waals surface area contributed by atoms with E-state index in [2.05, 4.69) is 4.98 Å². The van der Waals surface area contributed by atoms with E-state index in [9.17, 15) is 18.0 Å². The molecule has 8 nitrogen and oxygen atoms in total. The molecular weight excluding hydrogens is 466 g/mol. The van der Waals surface area contributed by atoms with E-state index >= 15 is 0 Å². The Hall–Kier alpha value is -3.01. The molecule has 0 radical (unpaired) electrons. The number of carbonyl (C=O) groups is 1. The lowest BCUT2D eigenvalue weighted by atomic mass is 10.1. The summed E-state index contributed by atoms with van der Waals surface area (Å²) in [6.07, 6.45) is 1.54. The van der Waals surface area contributed by atoms with Gasteiger partial charge in [-0.25, -0.2) is 8.42 Å². The Bertz CT molecular complexity index is 1300. The zero-order chi connectivity index (χ0) is 25.4. The first-order valence-corrected chi connectivity index (χ1v) is 13.2. The van der Waals surface area contributed by atoms with Crippen molar-refractivity contribution in [2.45, 2.75) is 31.6 Å². The maximum atomic E-state index is 13.6. The second kappa shape index (κ2) is 12.1. The molecule has 0 saturated carbocycles. The molecule has 0 unspecified atom stereocenters. The summed E-state index contributed by atoms with van der Waals surface area (Å²) in [5.41, 5.74) is 1.35. The summed E-state index contributed by atoms with van der Waals surface area (Å²) in [4.78, 5) is 30.4. The highest BCUT2D eigenvalue weighted by Gasteiger charge is 2.24. The second-order valence-corrected chi connectivity index (χ2v) is 10.2. The SMILES string of the molecule is CCN(CC)S(=O)(=O)c1ccc2[nH]c(=O)cc(C(=O)N(CCCc3ccccc3)CCOC)c2c1. The summed E-state index contributed by atoms with van der Waals surface area (Å²) < 4.78 is 32.7. The number of amides is 1. The number of pyridine rings is 1. The standard InChI is InChI=1S/C26H33N3O5S/c1-4-29(5-2)35(32,33)21-13-14-24-22(18-21)23(19-25(30)27-24)26(31)28(16-17-34-3)15-9-12-20-10-7-6-8-11-20/h6-8,10-11,13-14,18-19H,4-5,9,12,15-17H2,1-3H3,(H,27,30). The van der Waals surface area contributed by atoms with E-state index in [-0.39, 0.29) is 16.4 Å². The van der Waals surface area contributed by atoms with Crippen molar-refractivity contribution in [1.29, 1.82) is 0 Å². The summed E-state index contributed by atoms with van der Waals surface area (Å²) in [5.74, 6) is -0.330. The Morgan fingerprint density at radius 1 is 1.00 bits per heavy atom. The average Bonchev–Trinajstić information content (AvgIpc) is 2.86. The molecule has 1 heterocycles. The number of aromatic nitrogens is 1. The minimum absolute atomic E-state index is 0.0855. The van der Waals surface area contributed by atoms with E-state index in [0.29, 0.717) is 43.7 Å². The molecule has 0 spiro atoms. The first-order chi connectivity index (χ1) is 16.8. The van der Waals surface area contributed by atoms with E-state index in [0.717, 1.165) is 12.8 Å². The van der Waals surface area contributed by atoms with Crippen molar-refractivity contribution in [1.82, 2.24) is 14.2 Å². The highest BCUT2D eigenvalue weighted by atomic mass is 32.2. The number of hydrogen-bond donors (Lipinski definition) is 1. The number of benzene rings is 2. The van der Waals surface area contributed by atoms with E-state index in [1.807, 2.05) is 30.3 Å². The van der Waals surface area contributed by atoms with Gasteiger partial charge in [-0.05, 0) is 36.6 Å². The molecule has 0 saturated heterocycles. The predicted octanol–water partition coefficient (Wildman–Crippen LogP) is 3.28. The molecule has 1 N–H and O–H groups in total. The minimum atomic E-state index is -3.73. The van der Waals surface area contributed by atoms with Gasteiger partial charge in [0.1, 0.15) is 0 Å². The smallest absolute Gasteiger partial charge is 0.254 e. The molecule has 35 heavy (non-hydrogen) atoms. The third-order valence-corrected chi connectivity index (χ3v) is 8.02. The van der Waals surface area contributed by atoms with Crippen molar-refractivity contribution in [2.75, 3.05) is 39.9 Å². The molecule has 1 aromatic heterocycles. The molecule has 1 amide bonds. The molecule has 0 bridgehead atoms. The normalized spacial score (nSPS) is 11.8. The lowest BCUT2D eigenvalue weighted by Gasteiger charge is -2.23. The third-order valence-electron chi connectivity index (χ3n) is 5.98. The van der Waals surface area contributed by atoms with E-state index in [4.69, 9.17) is 4.74 Å². The average molecular weight is 500 g/mol. The Balaban J connectivity index is 1.97. The summed E-state index contributed by atoms with van der Waals surface area (Å²) in [6, 6.07) is 15.7. The highest BCUT2D eigenvalue weighted by Crippen LogP contribution is 2.24. The van der Waals surface area contributed by atoms with Gasteiger partial charge in [0.2, 0.25) is 15.6 Å². The third kappa shape index (κ3) is 6.36. The Labute approximate surface area is 206 Å². The second-order valence-electron chi connectivity index (χ2n) is 8.22. The van der Waals surface area contributed by atoms with E-state index in [1.165, 1.54) is 28.1 Å². The fourth-order valence-corrected chi connectivity index (χ4v) is 5.57.